The van der Waals surface area contributed by atoms with Crippen molar-refractivity contribution >= 4 is 29.3 Å². The Morgan fingerprint density at radius 2 is 2.21 bits per heavy atom. The van der Waals surface area contributed by atoms with Crippen LogP contribution in [-0.2, 0) is 10.5 Å². The van der Waals surface area contributed by atoms with E-state index in [2.05, 4.69) is 0 Å². The van der Waals surface area contributed by atoms with Crippen molar-refractivity contribution in [2.24, 2.45) is 0 Å². The van der Waals surface area contributed by atoms with E-state index in [0.717, 1.165) is 5.56 Å². The van der Waals surface area contributed by atoms with Crippen molar-refractivity contribution in [3.8, 4) is 5.75 Å². The smallest absolute Gasteiger partial charge is 0.313 e. The maximum Gasteiger partial charge on any atom is 0.313 e. The van der Waals surface area contributed by atoms with Gasteiger partial charge in [-0.15, -0.1) is 11.8 Å². The van der Waals surface area contributed by atoms with Crippen LogP contribution in [0.1, 0.15) is 5.56 Å². The van der Waals surface area contributed by atoms with E-state index in [1.165, 1.54) is 17.8 Å². The van der Waals surface area contributed by atoms with Gasteiger partial charge in [-0.1, -0.05) is 17.7 Å². The summed E-state index contributed by atoms with van der Waals surface area (Å²) >= 11 is 6.89. The van der Waals surface area contributed by atoms with E-state index in [4.69, 9.17) is 16.7 Å². The van der Waals surface area contributed by atoms with Crippen molar-refractivity contribution < 1.29 is 15.0 Å². The molecular weight excluding hydrogens is 224 g/mol. The standard InChI is InChI=1S/C9H9ClO3S/c10-7-2-1-6(3-8(7)11)4-14-5-9(12)13/h1-3,11H,4-5H2,(H,12,13). The molecule has 0 unspecified atom stereocenters. The number of aliphatic carboxylic acids is 1. The second-order valence-electron chi connectivity index (χ2n) is 2.67. The lowest BCUT2D eigenvalue weighted by Gasteiger charge is -2.01. The molecule has 0 aliphatic heterocycles. The number of aromatic hydroxyl groups is 1. The first-order valence-corrected chi connectivity index (χ1v) is 5.40. The van der Waals surface area contributed by atoms with Crippen molar-refractivity contribution in [2.45, 2.75) is 5.75 Å². The Kier molecular flexibility index (Phi) is 4.10. The van der Waals surface area contributed by atoms with E-state index >= 15 is 0 Å². The number of rotatable bonds is 4. The molecule has 0 amide bonds. The van der Waals surface area contributed by atoms with Crippen LogP contribution in [0, 0.1) is 0 Å². The molecule has 0 radical (unpaired) electrons. The Hall–Kier alpha value is -0.870. The van der Waals surface area contributed by atoms with Gasteiger partial charge >= 0.3 is 5.97 Å². The Labute approximate surface area is 90.7 Å². The number of thioether (sulfide) groups is 1. The first kappa shape index (κ1) is 11.2. The number of carboxylic acids is 1. The van der Waals surface area contributed by atoms with Crippen LogP contribution >= 0.6 is 23.4 Å². The van der Waals surface area contributed by atoms with Crippen LogP contribution in [0.3, 0.4) is 0 Å². The van der Waals surface area contributed by atoms with Gasteiger partial charge in [-0.3, -0.25) is 4.79 Å². The average Bonchev–Trinajstić information content (AvgIpc) is 2.10. The van der Waals surface area contributed by atoms with Gasteiger partial charge in [0.2, 0.25) is 0 Å². The Bertz CT molecular complexity index is 341. The zero-order valence-electron chi connectivity index (χ0n) is 7.24. The van der Waals surface area contributed by atoms with Gasteiger partial charge in [0.05, 0.1) is 10.8 Å². The van der Waals surface area contributed by atoms with E-state index in [0.29, 0.717) is 10.8 Å². The van der Waals surface area contributed by atoms with Crippen molar-refractivity contribution in [1.82, 2.24) is 0 Å². The van der Waals surface area contributed by atoms with Gasteiger partial charge in [0.15, 0.2) is 0 Å². The second-order valence-corrected chi connectivity index (χ2v) is 4.07. The quantitative estimate of drug-likeness (QED) is 0.837. The summed E-state index contributed by atoms with van der Waals surface area (Å²) in [7, 11) is 0. The molecule has 0 fully saturated rings. The molecular formula is C9H9ClO3S. The highest BCUT2D eigenvalue weighted by Gasteiger charge is 2.01. The SMILES string of the molecule is O=C(O)CSCc1ccc(Cl)c(O)c1. The molecule has 0 saturated heterocycles. The second kappa shape index (κ2) is 5.12. The highest BCUT2D eigenvalue weighted by Crippen LogP contribution is 2.25. The number of carboxylic acid groups (broad SMARTS) is 1. The van der Waals surface area contributed by atoms with Gasteiger partial charge in [0, 0.05) is 5.75 Å². The predicted octanol–water partition coefficient (Wildman–Crippen LogP) is 2.36. The largest absolute Gasteiger partial charge is 0.506 e. The highest BCUT2D eigenvalue weighted by atomic mass is 35.5. The monoisotopic (exact) mass is 232 g/mol. The normalized spacial score (nSPS) is 10.1. The molecule has 0 aromatic heterocycles. The van der Waals surface area contributed by atoms with Crippen LogP contribution in [0.2, 0.25) is 5.02 Å². The third kappa shape index (κ3) is 3.47. The summed E-state index contributed by atoms with van der Waals surface area (Å²) in [5.41, 5.74) is 0.859. The first-order valence-electron chi connectivity index (χ1n) is 3.86. The highest BCUT2D eigenvalue weighted by molar-refractivity contribution is 7.99. The van der Waals surface area contributed by atoms with Gasteiger partial charge in [0.1, 0.15) is 5.75 Å². The molecule has 76 valence electrons. The number of hydrogen-bond donors (Lipinski definition) is 2. The maximum atomic E-state index is 10.2. The van der Waals surface area contributed by atoms with Gasteiger partial charge in [-0.2, -0.15) is 0 Å². The van der Waals surface area contributed by atoms with Crippen LogP contribution in [0.4, 0.5) is 0 Å². The van der Waals surface area contributed by atoms with Crippen LogP contribution in [0.15, 0.2) is 18.2 Å². The van der Waals surface area contributed by atoms with Gasteiger partial charge in [0.25, 0.3) is 0 Å². The molecule has 0 bridgehead atoms. The molecule has 0 aliphatic carbocycles. The third-order valence-corrected chi connectivity index (χ3v) is 2.81. The summed E-state index contributed by atoms with van der Waals surface area (Å²) in [6.07, 6.45) is 0. The lowest BCUT2D eigenvalue weighted by atomic mass is 10.2. The molecule has 3 nitrogen and oxygen atoms in total. The molecule has 5 heteroatoms. The minimum absolute atomic E-state index is 0.0279. The Balaban J connectivity index is 2.51. The predicted molar refractivity (Wildman–Crippen MR) is 56.9 cm³/mol. The molecule has 0 aliphatic rings. The molecule has 1 aromatic rings. The molecule has 2 N–H and O–H groups in total. The number of phenolic OH excluding ortho intramolecular Hbond substituents is 1. The average molecular weight is 233 g/mol. The molecule has 0 saturated carbocycles. The Morgan fingerprint density at radius 1 is 1.50 bits per heavy atom. The van der Waals surface area contributed by atoms with Crippen LogP contribution < -0.4 is 0 Å². The van der Waals surface area contributed by atoms with E-state index in [9.17, 15) is 9.90 Å². The molecule has 1 aromatic carbocycles. The lowest BCUT2D eigenvalue weighted by Crippen LogP contribution is -1.98. The summed E-state index contributed by atoms with van der Waals surface area (Å²) in [5.74, 6) is -0.200. The summed E-state index contributed by atoms with van der Waals surface area (Å²) in [5, 5.41) is 18.0. The molecule has 14 heavy (non-hydrogen) atoms. The van der Waals surface area contributed by atoms with Crippen molar-refractivity contribution in [2.75, 3.05) is 5.75 Å². The van der Waals surface area contributed by atoms with E-state index in [1.807, 2.05) is 0 Å². The van der Waals surface area contributed by atoms with Crippen molar-refractivity contribution in [1.29, 1.82) is 0 Å². The first-order chi connectivity index (χ1) is 6.59. The minimum atomic E-state index is -0.840. The fourth-order valence-corrected chi connectivity index (χ4v) is 1.71. The van der Waals surface area contributed by atoms with Crippen LogP contribution in [0.5, 0.6) is 5.75 Å². The summed E-state index contributed by atoms with van der Waals surface area (Å²) in [6.45, 7) is 0. The number of hydrogen-bond acceptors (Lipinski definition) is 3. The molecule has 0 heterocycles. The number of halogens is 1. The molecule has 0 atom stereocenters. The Morgan fingerprint density at radius 3 is 2.79 bits per heavy atom. The maximum absolute atomic E-state index is 10.2. The number of benzene rings is 1. The van der Waals surface area contributed by atoms with Crippen LogP contribution in [-0.4, -0.2) is 21.9 Å². The molecule has 0 spiro atoms. The van der Waals surface area contributed by atoms with Crippen molar-refractivity contribution in [3.63, 3.8) is 0 Å². The fraction of sp³-hybridized carbons (Fsp3) is 0.222. The third-order valence-electron chi connectivity index (χ3n) is 1.50. The summed E-state index contributed by atoms with van der Waals surface area (Å²) in [6, 6.07) is 4.89. The number of phenols is 1. The van der Waals surface area contributed by atoms with E-state index in [1.54, 1.807) is 12.1 Å². The van der Waals surface area contributed by atoms with E-state index < -0.39 is 5.97 Å². The minimum Gasteiger partial charge on any atom is -0.506 e. The fourth-order valence-electron chi connectivity index (χ4n) is 0.904. The van der Waals surface area contributed by atoms with Crippen molar-refractivity contribution in [3.05, 3.63) is 28.8 Å². The zero-order valence-corrected chi connectivity index (χ0v) is 8.81. The summed E-state index contributed by atoms with van der Waals surface area (Å²) in [4.78, 5) is 10.2. The van der Waals surface area contributed by atoms with Gasteiger partial charge < -0.3 is 10.2 Å². The van der Waals surface area contributed by atoms with E-state index in [-0.39, 0.29) is 11.5 Å². The topological polar surface area (TPSA) is 57.5 Å². The van der Waals surface area contributed by atoms with Crippen LogP contribution in [0.25, 0.3) is 0 Å². The lowest BCUT2D eigenvalue weighted by molar-refractivity contribution is -0.133. The van der Waals surface area contributed by atoms with Gasteiger partial charge in [-0.05, 0) is 17.7 Å². The molecule has 1 rings (SSSR count). The number of carbonyl (C=O) groups is 1. The summed E-state index contributed by atoms with van der Waals surface area (Å²) < 4.78 is 0. The van der Waals surface area contributed by atoms with Gasteiger partial charge in [-0.25, -0.2) is 0 Å². The zero-order chi connectivity index (χ0) is 10.6.